The van der Waals surface area contributed by atoms with Crippen LogP contribution in [-0.2, 0) is 14.3 Å². The molecule has 1 aliphatic heterocycles. The van der Waals surface area contributed by atoms with Gasteiger partial charge in [0.1, 0.15) is 36.6 Å². The van der Waals surface area contributed by atoms with Crippen LogP contribution in [0.15, 0.2) is 12.2 Å². The second kappa shape index (κ2) is 56.3. The number of ether oxygens (including phenoxy) is 2. The van der Waals surface area contributed by atoms with Crippen molar-refractivity contribution in [1.82, 2.24) is 5.32 Å². The Morgan fingerprint density at radius 1 is 0.436 bits per heavy atom. The Morgan fingerprint density at radius 3 is 1.08 bits per heavy atom. The fourth-order valence-electron chi connectivity index (χ4n) is 11.3. The Kier molecular flexibility index (Phi) is 54.1. The summed E-state index contributed by atoms with van der Waals surface area (Å²) < 4.78 is 11.2. The summed E-state index contributed by atoms with van der Waals surface area (Å²) in [4.78, 5) is 13.2. The lowest BCUT2D eigenvalue weighted by molar-refractivity contribution is -0.303. The maximum Gasteiger partial charge on any atom is 0.249 e. The predicted octanol–water partition coefficient (Wildman–Crippen LogP) is 15.9. The Bertz CT molecular complexity index is 1270. The van der Waals surface area contributed by atoms with E-state index in [1.807, 2.05) is 0 Å². The van der Waals surface area contributed by atoms with E-state index in [-0.39, 0.29) is 6.42 Å². The number of unbranched alkanes of at least 4 members (excludes halogenated alkanes) is 46. The van der Waals surface area contributed by atoms with Crippen LogP contribution in [0.1, 0.15) is 341 Å². The summed E-state index contributed by atoms with van der Waals surface area (Å²) >= 11 is 0. The Hall–Kier alpha value is -1.15. The molecule has 464 valence electrons. The van der Waals surface area contributed by atoms with Gasteiger partial charge >= 0.3 is 0 Å². The molecule has 1 fully saturated rings. The van der Waals surface area contributed by atoms with Crippen LogP contribution in [0, 0.1) is 0 Å². The zero-order chi connectivity index (χ0) is 56.8. The Labute approximate surface area is 481 Å². The minimum atomic E-state index is -1.66. The van der Waals surface area contributed by atoms with E-state index in [4.69, 9.17) is 9.47 Å². The third-order valence-electron chi connectivity index (χ3n) is 16.8. The fraction of sp³-hybridized carbons (Fsp3) is 0.955. The molecular formula is C67H131NO10. The second-order valence-corrected chi connectivity index (χ2v) is 24.3. The number of aliphatic hydroxyl groups is 7. The molecule has 0 spiro atoms. The summed E-state index contributed by atoms with van der Waals surface area (Å²) in [6.45, 7) is 3.49. The molecule has 1 heterocycles. The van der Waals surface area contributed by atoms with Crippen LogP contribution in [-0.4, -0.2) is 110 Å². The van der Waals surface area contributed by atoms with Crippen molar-refractivity contribution < 1.29 is 50.0 Å². The van der Waals surface area contributed by atoms with Gasteiger partial charge in [0.2, 0.25) is 5.91 Å². The van der Waals surface area contributed by atoms with Crippen LogP contribution < -0.4 is 5.32 Å². The molecule has 0 aromatic rings. The SMILES string of the molecule is CCCCCCCCCCCCCCCCCCCC/C=C\CCCCCCCCCCCCCCCCCCC(O)C(=O)NC(COC1OC(CO)C(O)C(O)C1O)C(O)C(O)CCCCCCCCCCCCCCC. The molecule has 0 bridgehead atoms. The minimum absolute atomic E-state index is 0.265. The molecule has 0 radical (unpaired) electrons. The van der Waals surface area contributed by atoms with Gasteiger partial charge in [-0.1, -0.05) is 315 Å². The first kappa shape index (κ1) is 74.9. The Morgan fingerprint density at radius 2 is 0.744 bits per heavy atom. The first-order chi connectivity index (χ1) is 38.2. The summed E-state index contributed by atoms with van der Waals surface area (Å²) in [7, 11) is 0. The van der Waals surface area contributed by atoms with E-state index < -0.39 is 74.2 Å². The number of allylic oxidation sites excluding steroid dienone is 2. The van der Waals surface area contributed by atoms with E-state index in [0.717, 1.165) is 38.5 Å². The summed E-state index contributed by atoms with van der Waals surface area (Å²) in [5, 5.41) is 76.2. The monoisotopic (exact) mass is 1110 g/mol. The molecule has 9 atom stereocenters. The molecule has 78 heavy (non-hydrogen) atoms. The van der Waals surface area contributed by atoms with E-state index in [9.17, 15) is 40.5 Å². The van der Waals surface area contributed by atoms with E-state index in [1.165, 1.54) is 263 Å². The maximum absolute atomic E-state index is 13.2. The highest BCUT2D eigenvalue weighted by Crippen LogP contribution is 2.24. The molecule has 11 nitrogen and oxygen atoms in total. The molecule has 0 saturated carbocycles. The highest BCUT2D eigenvalue weighted by Gasteiger charge is 2.44. The zero-order valence-electron chi connectivity index (χ0n) is 51.2. The third kappa shape index (κ3) is 43.5. The van der Waals surface area contributed by atoms with Crippen LogP contribution in [0.2, 0.25) is 0 Å². The fourth-order valence-corrected chi connectivity index (χ4v) is 11.3. The van der Waals surface area contributed by atoms with Crippen molar-refractivity contribution in [3.05, 3.63) is 12.2 Å². The Balaban J connectivity index is 2.09. The number of aliphatic hydroxyl groups excluding tert-OH is 7. The van der Waals surface area contributed by atoms with Crippen LogP contribution in [0.4, 0.5) is 0 Å². The van der Waals surface area contributed by atoms with Crippen LogP contribution in [0.25, 0.3) is 0 Å². The van der Waals surface area contributed by atoms with E-state index in [1.54, 1.807) is 0 Å². The molecule has 0 aliphatic carbocycles. The first-order valence-electron chi connectivity index (χ1n) is 34.1. The molecule has 1 amide bonds. The number of carbonyl (C=O) groups is 1. The zero-order valence-corrected chi connectivity index (χ0v) is 51.2. The van der Waals surface area contributed by atoms with Crippen molar-refractivity contribution in [3.8, 4) is 0 Å². The maximum atomic E-state index is 13.2. The average molecular weight is 1110 g/mol. The topological polar surface area (TPSA) is 189 Å². The molecular weight excluding hydrogens is 979 g/mol. The molecule has 0 aromatic heterocycles. The van der Waals surface area contributed by atoms with Crippen LogP contribution in [0.3, 0.4) is 0 Å². The predicted molar refractivity (Wildman–Crippen MR) is 326 cm³/mol. The molecule has 1 rings (SSSR count). The van der Waals surface area contributed by atoms with Crippen molar-refractivity contribution in [2.75, 3.05) is 13.2 Å². The first-order valence-corrected chi connectivity index (χ1v) is 34.1. The number of amides is 1. The molecule has 1 saturated heterocycles. The number of hydrogen-bond acceptors (Lipinski definition) is 10. The average Bonchev–Trinajstić information content (AvgIpc) is 3.44. The highest BCUT2D eigenvalue weighted by atomic mass is 16.7. The van der Waals surface area contributed by atoms with Gasteiger partial charge in [0.05, 0.1) is 25.4 Å². The number of nitrogens with one attached hydrogen (secondary N) is 1. The number of hydrogen-bond donors (Lipinski definition) is 8. The molecule has 11 heteroatoms. The summed E-state index contributed by atoms with van der Waals surface area (Å²) in [6.07, 6.45) is 57.5. The lowest BCUT2D eigenvalue weighted by atomic mass is 9.98. The van der Waals surface area contributed by atoms with Crippen LogP contribution >= 0.6 is 0 Å². The van der Waals surface area contributed by atoms with Crippen molar-refractivity contribution in [1.29, 1.82) is 0 Å². The van der Waals surface area contributed by atoms with Gasteiger partial charge < -0.3 is 50.5 Å². The number of carbonyl (C=O) groups excluding carboxylic acids is 1. The smallest absolute Gasteiger partial charge is 0.249 e. The van der Waals surface area contributed by atoms with Gasteiger partial charge in [0, 0.05) is 0 Å². The van der Waals surface area contributed by atoms with E-state index in [2.05, 4.69) is 31.3 Å². The van der Waals surface area contributed by atoms with Crippen molar-refractivity contribution in [2.45, 2.75) is 396 Å². The molecule has 9 unspecified atom stereocenters. The molecule has 8 N–H and O–H groups in total. The largest absolute Gasteiger partial charge is 0.394 e. The van der Waals surface area contributed by atoms with Crippen LogP contribution in [0.5, 0.6) is 0 Å². The van der Waals surface area contributed by atoms with Gasteiger partial charge in [-0.05, 0) is 38.5 Å². The van der Waals surface area contributed by atoms with E-state index in [0.29, 0.717) is 19.3 Å². The summed E-state index contributed by atoms with van der Waals surface area (Å²) in [6, 6.07) is -1.16. The standard InChI is InChI=1S/C67H131NO10/c1-3-5-7-9-11-13-15-17-18-19-20-21-22-23-24-25-26-27-28-29-30-31-32-33-34-35-36-37-38-39-40-41-43-45-47-49-51-53-55-60(71)66(76)68-58(57-77-67-65(75)64(74)63(73)61(56-69)78-67)62(72)59(70)54-52-50-48-46-44-42-16-14-12-10-8-6-4-2/h29-30,58-65,67,69-75H,3-28,31-57H2,1-2H3,(H,68,76)/b30-29-. The van der Waals surface area contributed by atoms with Crippen molar-refractivity contribution in [2.24, 2.45) is 0 Å². The number of rotatable bonds is 60. The lowest BCUT2D eigenvalue weighted by Crippen LogP contribution is -2.60. The third-order valence-corrected chi connectivity index (χ3v) is 16.8. The quantitative estimate of drug-likeness (QED) is 0.0215. The summed E-state index contributed by atoms with van der Waals surface area (Å²) in [5.41, 5.74) is 0. The summed E-state index contributed by atoms with van der Waals surface area (Å²) in [5.74, 6) is -0.691. The van der Waals surface area contributed by atoms with Crippen molar-refractivity contribution in [3.63, 3.8) is 0 Å². The van der Waals surface area contributed by atoms with Gasteiger partial charge in [-0.15, -0.1) is 0 Å². The normalized spacial score (nSPS) is 19.4. The van der Waals surface area contributed by atoms with Gasteiger partial charge in [0.15, 0.2) is 6.29 Å². The second-order valence-electron chi connectivity index (χ2n) is 24.3. The minimum Gasteiger partial charge on any atom is -0.394 e. The van der Waals surface area contributed by atoms with E-state index >= 15 is 0 Å². The van der Waals surface area contributed by atoms with Gasteiger partial charge in [-0.25, -0.2) is 0 Å². The molecule has 1 aliphatic rings. The highest BCUT2D eigenvalue weighted by molar-refractivity contribution is 5.80. The van der Waals surface area contributed by atoms with Crippen molar-refractivity contribution >= 4 is 5.91 Å². The lowest BCUT2D eigenvalue weighted by Gasteiger charge is -2.40. The van der Waals surface area contributed by atoms with Gasteiger partial charge in [-0.3, -0.25) is 4.79 Å². The van der Waals surface area contributed by atoms with Gasteiger partial charge in [-0.2, -0.15) is 0 Å². The van der Waals surface area contributed by atoms with Gasteiger partial charge in [0.25, 0.3) is 0 Å². The molecule has 0 aromatic carbocycles.